The Morgan fingerprint density at radius 1 is 1.44 bits per heavy atom. The predicted octanol–water partition coefficient (Wildman–Crippen LogP) is 3.56. The summed E-state index contributed by atoms with van der Waals surface area (Å²) in [4.78, 5) is 14.1. The molecule has 2 nitrogen and oxygen atoms in total. The highest BCUT2D eigenvalue weighted by Gasteiger charge is 2.62. The lowest BCUT2D eigenvalue weighted by molar-refractivity contribution is -0.131. The maximum atomic E-state index is 12.3. The lowest BCUT2D eigenvalue weighted by Gasteiger charge is -2.15. The molecule has 0 heterocycles. The van der Waals surface area contributed by atoms with Gasteiger partial charge in [0.05, 0.1) is 5.92 Å². The van der Waals surface area contributed by atoms with Crippen molar-refractivity contribution in [2.24, 2.45) is 11.3 Å². The minimum absolute atomic E-state index is 0.0329. The molecule has 0 N–H and O–H groups in total. The van der Waals surface area contributed by atoms with Gasteiger partial charge in [-0.2, -0.15) is 0 Å². The van der Waals surface area contributed by atoms with E-state index in [4.69, 9.17) is 11.6 Å². The summed E-state index contributed by atoms with van der Waals surface area (Å²) >= 11 is 6.03. The van der Waals surface area contributed by atoms with E-state index in [1.807, 2.05) is 32.2 Å². The Kier molecular flexibility index (Phi) is 3.41. The van der Waals surface area contributed by atoms with E-state index in [1.54, 1.807) is 4.90 Å². The molecule has 1 fully saturated rings. The third kappa shape index (κ3) is 2.14. The van der Waals surface area contributed by atoms with Crippen LogP contribution in [0.15, 0.2) is 24.3 Å². The Morgan fingerprint density at radius 2 is 2.11 bits per heavy atom. The number of hydrogen-bond acceptors (Lipinski definition) is 1. The van der Waals surface area contributed by atoms with E-state index in [2.05, 4.69) is 19.9 Å². The van der Waals surface area contributed by atoms with E-state index in [9.17, 15) is 4.79 Å². The Hall–Kier alpha value is -1.02. The monoisotopic (exact) mass is 265 g/mol. The molecule has 0 saturated heterocycles. The van der Waals surface area contributed by atoms with Crippen LogP contribution in [0.2, 0.25) is 5.02 Å². The van der Waals surface area contributed by atoms with Crippen LogP contribution in [0.1, 0.15) is 32.3 Å². The fourth-order valence-electron chi connectivity index (χ4n) is 2.81. The maximum absolute atomic E-state index is 12.3. The van der Waals surface area contributed by atoms with Crippen LogP contribution in [0.25, 0.3) is 0 Å². The lowest BCUT2D eigenvalue weighted by atomic mass is 10.0. The van der Waals surface area contributed by atoms with Crippen LogP contribution < -0.4 is 0 Å². The molecule has 0 spiro atoms. The molecule has 1 aromatic rings. The van der Waals surface area contributed by atoms with Gasteiger partial charge >= 0.3 is 0 Å². The quantitative estimate of drug-likeness (QED) is 0.818. The van der Waals surface area contributed by atoms with Crippen molar-refractivity contribution in [2.45, 2.75) is 26.7 Å². The van der Waals surface area contributed by atoms with Gasteiger partial charge in [0.25, 0.3) is 0 Å². The molecule has 3 heteroatoms. The molecule has 1 aliphatic rings. The molecule has 0 radical (unpaired) electrons. The zero-order chi connectivity index (χ0) is 13.5. The number of hydrogen-bond donors (Lipinski definition) is 0. The molecule has 1 saturated carbocycles. The van der Waals surface area contributed by atoms with Gasteiger partial charge in [-0.15, -0.1) is 0 Å². The molecule has 18 heavy (non-hydrogen) atoms. The van der Waals surface area contributed by atoms with Gasteiger partial charge < -0.3 is 4.90 Å². The van der Waals surface area contributed by atoms with Crippen molar-refractivity contribution in [2.75, 3.05) is 13.6 Å². The van der Waals surface area contributed by atoms with E-state index in [0.717, 1.165) is 11.6 Å². The molecular formula is C15H20ClNO. The van der Waals surface area contributed by atoms with Crippen molar-refractivity contribution in [1.82, 2.24) is 4.90 Å². The minimum atomic E-state index is 0.0329. The van der Waals surface area contributed by atoms with Gasteiger partial charge in [0.15, 0.2) is 0 Å². The summed E-state index contributed by atoms with van der Waals surface area (Å²) in [7, 11) is 1.87. The number of amides is 1. The Bertz CT molecular complexity index is 469. The summed E-state index contributed by atoms with van der Waals surface area (Å²) in [6.45, 7) is 7.07. The number of rotatable bonds is 3. The summed E-state index contributed by atoms with van der Waals surface area (Å²) in [6, 6.07) is 7.87. The third-order valence-corrected chi connectivity index (χ3v) is 4.39. The maximum Gasteiger partial charge on any atom is 0.226 e. The highest BCUT2D eigenvalue weighted by Crippen LogP contribution is 2.65. The molecule has 0 unspecified atom stereocenters. The SMILES string of the molecule is CCN(C)C(=O)[C@@H]1[C@@H](c2cccc(Cl)c2)C1(C)C. The fraction of sp³-hybridized carbons (Fsp3) is 0.533. The Labute approximate surface area is 114 Å². The van der Waals surface area contributed by atoms with Crippen LogP contribution >= 0.6 is 11.6 Å². The highest BCUT2D eigenvalue weighted by atomic mass is 35.5. The van der Waals surface area contributed by atoms with Crippen LogP contribution in [-0.2, 0) is 4.79 Å². The lowest BCUT2D eigenvalue weighted by Crippen LogP contribution is -2.29. The standard InChI is InChI=1S/C15H20ClNO/c1-5-17(4)14(18)13-12(15(13,2)3)10-7-6-8-11(16)9-10/h6-9,12-13H,5H2,1-4H3/t12-,13+/m1/s1. The summed E-state index contributed by atoms with van der Waals surface area (Å²) in [5.74, 6) is 0.617. The molecule has 2 atom stereocenters. The van der Waals surface area contributed by atoms with Gasteiger partial charge in [-0.1, -0.05) is 37.6 Å². The summed E-state index contributed by atoms with van der Waals surface area (Å²) in [5, 5.41) is 0.741. The number of benzene rings is 1. The van der Waals surface area contributed by atoms with Crippen LogP contribution in [-0.4, -0.2) is 24.4 Å². The van der Waals surface area contributed by atoms with Crippen molar-refractivity contribution in [3.8, 4) is 0 Å². The van der Waals surface area contributed by atoms with Crippen molar-refractivity contribution < 1.29 is 4.79 Å². The first-order valence-corrected chi connectivity index (χ1v) is 6.77. The minimum Gasteiger partial charge on any atom is -0.346 e. The largest absolute Gasteiger partial charge is 0.346 e. The van der Waals surface area contributed by atoms with Crippen molar-refractivity contribution in [3.63, 3.8) is 0 Å². The molecule has 0 aliphatic heterocycles. The van der Waals surface area contributed by atoms with Gasteiger partial charge in [-0.3, -0.25) is 4.79 Å². The number of carbonyl (C=O) groups is 1. The Morgan fingerprint density at radius 3 is 2.67 bits per heavy atom. The zero-order valence-corrected chi connectivity index (χ0v) is 12.2. The molecular weight excluding hydrogens is 246 g/mol. The van der Waals surface area contributed by atoms with Gasteiger partial charge in [0.2, 0.25) is 5.91 Å². The second kappa shape index (κ2) is 4.58. The molecule has 1 amide bonds. The second-order valence-corrected chi connectivity index (χ2v) is 6.12. The molecule has 1 aromatic carbocycles. The van der Waals surface area contributed by atoms with E-state index in [0.29, 0.717) is 0 Å². The smallest absolute Gasteiger partial charge is 0.226 e. The number of halogens is 1. The number of nitrogens with zero attached hydrogens (tertiary/aromatic N) is 1. The van der Waals surface area contributed by atoms with E-state index >= 15 is 0 Å². The van der Waals surface area contributed by atoms with Crippen molar-refractivity contribution >= 4 is 17.5 Å². The summed E-state index contributed by atoms with van der Waals surface area (Å²) in [6.07, 6.45) is 0. The van der Waals surface area contributed by atoms with Crippen molar-refractivity contribution in [1.29, 1.82) is 0 Å². The normalized spacial score (nSPS) is 24.7. The van der Waals surface area contributed by atoms with Gasteiger partial charge in [-0.05, 0) is 30.0 Å². The van der Waals surface area contributed by atoms with Gasteiger partial charge in [0, 0.05) is 24.5 Å². The number of carbonyl (C=O) groups excluding carboxylic acids is 1. The van der Waals surface area contributed by atoms with Crippen LogP contribution in [0.4, 0.5) is 0 Å². The topological polar surface area (TPSA) is 20.3 Å². The molecule has 0 aromatic heterocycles. The van der Waals surface area contributed by atoms with Gasteiger partial charge in [0.1, 0.15) is 0 Å². The second-order valence-electron chi connectivity index (χ2n) is 5.68. The fourth-order valence-corrected chi connectivity index (χ4v) is 3.01. The summed E-state index contributed by atoms with van der Waals surface area (Å²) < 4.78 is 0. The molecule has 98 valence electrons. The molecule has 2 rings (SSSR count). The first-order valence-electron chi connectivity index (χ1n) is 6.40. The average Bonchev–Trinajstić information content (AvgIpc) is 2.90. The molecule has 0 bridgehead atoms. The first-order chi connectivity index (χ1) is 8.39. The average molecular weight is 266 g/mol. The van der Waals surface area contributed by atoms with Crippen LogP contribution in [0, 0.1) is 11.3 Å². The van der Waals surface area contributed by atoms with Crippen LogP contribution in [0.5, 0.6) is 0 Å². The first kappa shape index (κ1) is 13.4. The van der Waals surface area contributed by atoms with Crippen LogP contribution in [0.3, 0.4) is 0 Å². The summed E-state index contributed by atoms with van der Waals surface area (Å²) in [5.41, 5.74) is 1.21. The van der Waals surface area contributed by atoms with E-state index < -0.39 is 0 Å². The predicted molar refractivity (Wildman–Crippen MR) is 74.8 cm³/mol. The van der Waals surface area contributed by atoms with Crippen molar-refractivity contribution in [3.05, 3.63) is 34.9 Å². The van der Waals surface area contributed by atoms with E-state index in [-0.39, 0.29) is 23.2 Å². The Balaban J connectivity index is 2.24. The molecule has 1 aliphatic carbocycles. The highest BCUT2D eigenvalue weighted by molar-refractivity contribution is 6.30. The van der Waals surface area contributed by atoms with Gasteiger partial charge in [-0.25, -0.2) is 0 Å². The van der Waals surface area contributed by atoms with E-state index in [1.165, 1.54) is 5.56 Å². The third-order valence-electron chi connectivity index (χ3n) is 4.15. The zero-order valence-electron chi connectivity index (χ0n) is 11.4.